The molecule has 134 valence electrons. The first-order valence-corrected chi connectivity index (χ1v) is 9.10. The van der Waals surface area contributed by atoms with Crippen LogP contribution < -0.4 is 4.90 Å². The topological polar surface area (TPSA) is 65.1 Å². The number of aromatic nitrogens is 3. The zero-order chi connectivity index (χ0) is 17.9. The van der Waals surface area contributed by atoms with Gasteiger partial charge in [0.2, 0.25) is 5.95 Å². The van der Waals surface area contributed by atoms with Crippen LogP contribution in [-0.2, 0) is 0 Å². The van der Waals surface area contributed by atoms with Gasteiger partial charge in [-0.05, 0) is 25.5 Å². The average molecular weight is 349 g/mol. The molecule has 1 aliphatic rings. The predicted octanol–water partition coefficient (Wildman–Crippen LogP) is 2.74. The highest BCUT2D eigenvalue weighted by atomic mass is 16.1. The average Bonchev–Trinajstić information content (AvgIpc) is 2.96. The highest BCUT2D eigenvalue weighted by Crippen LogP contribution is 2.21. The second kappa shape index (κ2) is 7.25. The third-order valence-electron chi connectivity index (χ3n) is 5.15. The zero-order valence-electron chi connectivity index (χ0n) is 14.9. The number of hydrogen-bond acceptors (Lipinski definition) is 5. The summed E-state index contributed by atoms with van der Waals surface area (Å²) in [4.78, 5) is 29.5. The second-order valence-electron chi connectivity index (χ2n) is 6.71. The van der Waals surface area contributed by atoms with Gasteiger partial charge in [-0.15, -0.1) is 0 Å². The Bertz CT molecular complexity index is 891. The van der Waals surface area contributed by atoms with Gasteiger partial charge in [0, 0.05) is 61.2 Å². The summed E-state index contributed by atoms with van der Waals surface area (Å²) in [6.45, 7) is 5.48. The van der Waals surface area contributed by atoms with E-state index in [4.69, 9.17) is 0 Å². The molecule has 6 nitrogen and oxygen atoms in total. The van der Waals surface area contributed by atoms with E-state index in [9.17, 15) is 4.79 Å². The number of carbonyl (C=O) groups is 1. The van der Waals surface area contributed by atoms with E-state index in [0.29, 0.717) is 0 Å². The van der Waals surface area contributed by atoms with Gasteiger partial charge < -0.3 is 9.88 Å². The summed E-state index contributed by atoms with van der Waals surface area (Å²) in [5.41, 5.74) is 1.78. The number of nitrogens with one attached hydrogen (secondary N) is 1. The van der Waals surface area contributed by atoms with Crippen LogP contribution in [0.4, 0.5) is 5.95 Å². The van der Waals surface area contributed by atoms with E-state index in [1.807, 2.05) is 43.5 Å². The van der Waals surface area contributed by atoms with Gasteiger partial charge >= 0.3 is 0 Å². The van der Waals surface area contributed by atoms with Crippen LogP contribution in [0.15, 0.2) is 48.9 Å². The highest BCUT2D eigenvalue weighted by molar-refractivity contribution is 6.10. The molecule has 3 heterocycles. The Morgan fingerprint density at radius 3 is 2.73 bits per heavy atom. The van der Waals surface area contributed by atoms with Gasteiger partial charge in [-0.1, -0.05) is 18.2 Å². The van der Waals surface area contributed by atoms with E-state index in [2.05, 4.69) is 24.8 Å². The molecule has 6 heteroatoms. The Hall–Kier alpha value is -2.73. The van der Waals surface area contributed by atoms with Crippen molar-refractivity contribution in [2.75, 3.05) is 31.1 Å². The lowest BCUT2D eigenvalue weighted by molar-refractivity contribution is 0.0849. The van der Waals surface area contributed by atoms with Gasteiger partial charge in [0.25, 0.3) is 0 Å². The molecule has 0 amide bonds. The first-order valence-electron chi connectivity index (χ1n) is 9.10. The summed E-state index contributed by atoms with van der Waals surface area (Å²) in [7, 11) is 0. The van der Waals surface area contributed by atoms with E-state index < -0.39 is 0 Å². The van der Waals surface area contributed by atoms with Gasteiger partial charge in [-0.3, -0.25) is 9.69 Å². The quantitative estimate of drug-likeness (QED) is 0.734. The van der Waals surface area contributed by atoms with Crippen molar-refractivity contribution < 1.29 is 4.79 Å². The molecular weight excluding hydrogens is 326 g/mol. The molecule has 4 rings (SSSR count). The zero-order valence-corrected chi connectivity index (χ0v) is 14.9. The molecule has 0 spiro atoms. The molecule has 2 aromatic heterocycles. The minimum absolute atomic E-state index is 0.147. The molecule has 1 aliphatic heterocycles. The van der Waals surface area contributed by atoms with Crippen molar-refractivity contribution >= 4 is 22.6 Å². The second-order valence-corrected chi connectivity index (χ2v) is 6.71. The van der Waals surface area contributed by atoms with Crippen LogP contribution in [0.3, 0.4) is 0 Å². The number of benzene rings is 1. The van der Waals surface area contributed by atoms with Crippen LogP contribution in [0.5, 0.6) is 0 Å². The Kier molecular flexibility index (Phi) is 4.67. The number of nitrogens with zero attached hydrogens (tertiary/aromatic N) is 4. The molecule has 1 saturated heterocycles. The number of aromatic amines is 1. The maximum absolute atomic E-state index is 13.1. The Morgan fingerprint density at radius 2 is 1.88 bits per heavy atom. The number of para-hydroxylation sites is 1. The van der Waals surface area contributed by atoms with Crippen LogP contribution in [-0.4, -0.2) is 57.9 Å². The van der Waals surface area contributed by atoms with E-state index in [1.54, 1.807) is 12.4 Å². The summed E-state index contributed by atoms with van der Waals surface area (Å²) in [5.74, 6) is 0.941. The normalized spacial score (nSPS) is 17.2. The fourth-order valence-electron chi connectivity index (χ4n) is 3.65. The maximum Gasteiger partial charge on any atom is 0.225 e. The summed E-state index contributed by atoms with van der Waals surface area (Å²) < 4.78 is 0. The molecular formula is C20H23N5O. The minimum Gasteiger partial charge on any atom is -0.360 e. The number of rotatable bonds is 4. The minimum atomic E-state index is -0.147. The molecule has 1 N–H and O–H groups in total. The largest absolute Gasteiger partial charge is 0.360 e. The van der Waals surface area contributed by atoms with E-state index in [1.165, 1.54) is 0 Å². The van der Waals surface area contributed by atoms with Crippen molar-refractivity contribution in [3.05, 3.63) is 54.5 Å². The molecule has 0 radical (unpaired) electrons. The fourth-order valence-corrected chi connectivity index (χ4v) is 3.65. The van der Waals surface area contributed by atoms with Crippen molar-refractivity contribution in [2.24, 2.45) is 0 Å². The Morgan fingerprint density at radius 1 is 1.08 bits per heavy atom. The van der Waals surface area contributed by atoms with Gasteiger partial charge in [-0.2, -0.15) is 0 Å². The van der Waals surface area contributed by atoms with Gasteiger partial charge in [0.05, 0.1) is 6.04 Å². The summed E-state index contributed by atoms with van der Waals surface area (Å²) in [6.07, 6.45) is 6.37. The van der Waals surface area contributed by atoms with Crippen LogP contribution in [0.2, 0.25) is 0 Å². The number of fused-ring (bicyclic) bond motifs is 1. The lowest BCUT2D eigenvalue weighted by Gasteiger charge is -2.26. The van der Waals surface area contributed by atoms with Crippen molar-refractivity contribution in [1.29, 1.82) is 0 Å². The van der Waals surface area contributed by atoms with Crippen LogP contribution >= 0.6 is 0 Å². The summed E-state index contributed by atoms with van der Waals surface area (Å²) in [5, 5.41) is 0.999. The van der Waals surface area contributed by atoms with Crippen LogP contribution in [0, 0.1) is 0 Å². The number of carbonyl (C=O) groups excluding carboxylic acids is 1. The van der Waals surface area contributed by atoms with E-state index in [0.717, 1.165) is 55.0 Å². The molecule has 1 unspecified atom stereocenters. The fraction of sp³-hybridized carbons (Fsp3) is 0.350. The number of anilines is 1. The van der Waals surface area contributed by atoms with Gasteiger partial charge in [0.15, 0.2) is 5.78 Å². The number of H-pyrrole nitrogens is 1. The predicted molar refractivity (Wildman–Crippen MR) is 103 cm³/mol. The van der Waals surface area contributed by atoms with Crippen molar-refractivity contribution in [3.63, 3.8) is 0 Å². The molecule has 0 saturated carbocycles. The Balaban J connectivity index is 1.48. The third-order valence-corrected chi connectivity index (χ3v) is 5.15. The smallest absolute Gasteiger partial charge is 0.225 e. The molecule has 1 atom stereocenters. The van der Waals surface area contributed by atoms with E-state index in [-0.39, 0.29) is 11.8 Å². The lowest BCUT2D eigenvalue weighted by atomic mass is 10.0. The van der Waals surface area contributed by atoms with Crippen LogP contribution in [0.1, 0.15) is 23.7 Å². The van der Waals surface area contributed by atoms with Gasteiger partial charge in [-0.25, -0.2) is 9.97 Å². The first kappa shape index (κ1) is 16.7. The highest BCUT2D eigenvalue weighted by Gasteiger charge is 2.26. The summed E-state index contributed by atoms with van der Waals surface area (Å²) in [6, 6.07) is 9.64. The lowest BCUT2D eigenvalue weighted by Crippen LogP contribution is -2.41. The number of ketones is 1. The molecule has 3 aromatic rings. The first-order chi connectivity index (χ1) is 12.7. The van der Waals surface area contributed by atoms with Crippen molar-refractivity contribution in [1.82, 2.24) is 19.9 Å². The molecule has 0 aliphatic carbocycles. The van der Waals surface area contributed by atoms with Crippen molar-refractivity contribution in [3.8, 4) is 0 Å². The molecule has 1 fully saturated rings. The molecule has 1 aromatic carbocycles. The number of hydrogen-bond donors (Lipinski definition) is 1. The van der Waals surface area contributed by atoms with Crippen LogP contribution in [0.25, 0.3) is 10.9 Å². The van der Waals surface area contributed by atoms with E-state index >= 15 is 0 Å². The van der Waals surface area contributed by atoms with Crippen molar-refractivity contribution in [2.45, 2.75) is 19.4 Å². The Labute approximate surface area is 152 Å². The monoisotopic (exact) mass is 349 g/mol. The summed E-state index contributed by atoms with van der Waals surface area (Å²) >= 11 is 0. The molecule has 26 heavy (non-hydrogen) atoms. The standard InChI is InChI=1S/C20H23N5O/c1-15(19(26)17-14-23-18-7-3-2-6-16(17)18)24-10-5-11-25(13-12-24)20-21-8-4-9-22-20/h2-4,6-9,14-15,23H,5,10-13H2,1H3. The molecule has 0 bridgehead atoms. The van der Waals surface area contributed by atoms with Gasteiger partial charge in [0.1, 0.15) is 0 Å². The maximum atomic E-state index is 13.1. The third kappa shape index (κ3) is 3.20. The number of Topliss-reactive ketones (excluding diaryl/α,β-unsaturated/α-hetero) is 1. The SMILES string of the molecule is CC(C(=O)c1c[nH]c2ccccc12)N1CCCN(c2ncccn2)CC1.